The topological polar surface area (TPSA) is 72.9 Å². The van der Waals surface area contributed by atoms with Crippen LogP contribution in [0.5, 0.6) is 0 Å². The van der Waals surface area contributed by atoms with Crippen molar-refractivity contribution >= 4 is 11.9 Å². The Hall–Kier alpha value is -1.14. The fraction of sp³-hybridized carbons (Fsp3) is 0.867. The number of hydrogen-bond donors (Lipinski definition) is 2. The van der Waals surface area contributed by atoms with Crippen LogP contribution in [0, 0.1) is 5.92 Å². The molecule has 0 radical (unpaired) electrons. The number of likely N-dealkylation sites (N-methyl/N-ethyl adjacent to an activating group) is 1. The van der Waals surface area contributed by atoms with Gasteiger partial charge in [-0.25, -0.2) is 0 Å². The molecule has 0 saturated carbocycles. The molecule has 0 aromatic carbocycles. The van der Waals surface area contributed by atoms with Gasteiger partial charge in [-0.3, -0.25) is 14.5 Å². The van der Waals surface area contributed by atoms with Crippen LogP contribution in [-0.2, 0) is 9.59 Å². The molecule has 0 aliphatic carbocycles. The molecule has 2 fully saturated rings. The molecule has 0 aromatic heterocycles. The van der Waals surface area contributed by atoms with Gasteiger partial charge >= 0.3 is 5.97 Å². The largest absolute Gasteiger partial charge is 0.481 e. The summed E-state index contributed by atoms with van der Waals surface area (Å²) in [5.74, 6) is -0.917. The second-order valence-electron chi connectivity index (χ2n) is 6.05. The lowest BCUT2D eigenvalue weighted by Crippen LogP contribution is -2.46. The molecular formula is C15H27N3O3. The number of carboxylic acids is 1. The van der Waals surface area contributed by atoms with Crippen LogP contribution in [0.15, 0.2) is 0 Å². The Labute approximate surface area is 126 Å². The summed E-state index contributed by atoms with van der Waals surface area (Å²) in [5.41, 5.74) is 0. The first-order valence-corrected chi connectivity index (χ1v) is 8.07. The highest BCUT2D eigenvalue weighted by molar-refractivity contribution is 5.78. The van der Waals surface area contributed by atoms with Crippen LogP contribution >= 0.6 is 0 Å². The van der Waals surface area contributed by atoms with E-state index in [-0.39, 0.29) is 11.8 Å². The predicted molar refractivity (Wildman–Crippen MR) is 80.1 cm³/mol. The number of carbonyl (C=O) groups is 2. The van der Waals surface area contributed by atoms with E-state index in [4.69, 9.17) is 5.11 Å². The Balaban J connectivity index is 1.65. The molecule has 6 heteroatoms. The maximum atomic E-state index is 12.1. The van der Waals surface area contributed by atoms with Gasteiger partial charge in [0.25, 0.3) is 0 Å². The van der Waals surface area contributed by atoms with Crippen LogP contribution < -0.4 is 5.32 Å². The highest BCUT2D eigenvalue weighted by Crippen LogP contribution is 2.17. The van der Waals surface area contributed by atoms with Crippen molar-refractivity contribution in [2.24, 2.45) is 5.92 Å². The predicted octanol–water partition coefficient (Wildman–Crippen LogP) is 0.384. The molecule has 6 nitrogen and oxygen atoms in total. The van der Waals surface area contributed by atoms with Crippen molar-refractivity contribution in [2.45, 2.75) is 38.6 Å². The zero-order chi connectivity index (χ0) is 15.2. The van der Waals surface area contributed by atoms with Gasteiger partial charge in [0.05, 0.1) is 12.5 Å². The van der Waals surface area contributed by atoms with E-state index in [9.17, 15) is 9.59 Å². The first-order valence-electron chi connectivity index (χ1n) is 8.07. The van der Waals surface area contributed by atoms with Crippen molar-refractivity contribution in [1.29, 1.82) is 0 Å². The number of likely N-dealkylation sites (tertiary alicyclic amines) is 2. The van der Waals surface area contributed by atoms with Crippen molar-refractivity contribution < 1.29 is 14.7 Å². The van der Waals surface area contributed by atoms with Gasteiger partial charge in [0.15, 0.2) is 0 Å². The summed E-state index contributed by atoms with van der Waals surface area (Å²) in [6.07, 6.45) is 3.61. The smallest absolute Gasteiger partial charge is 0.306 e. The van der Waals surface area contributed by atoms with Crippen LogP contribution in [-0.4, -0.2) is 72.1 Å². The molecule has 2 saturated heterocycles. The summed E-state index contributed by atoms with van der Waals surface area (Å²) in [5, 5.41) is 12.2. The standard InChI is InChI=1S/C15H27N3O3/c1-2-17-7-3-4-13(17)10-16-11-14(19)18-8-5-12(6-9-18)15(20)21/h12-13,16H,2-11H2,1H3,(H,20,21). The Kier molecular flexibility index (Phi) is 5.99. The molecule has 1 amide bonds. The number of carbonyl (C=O) groups excluding carboxylic acids is 1. The molecule has 2 heterocycles. The second-order valence-corrected chi connectivity index (χ2v) is 6.05. The van der Waals surface area contributed by atoms with Gasteiger partial charge in [-0.1, -0.05) is 6.92 Å². The van der Waals surface area contributed by atoms with Crippen molar-refractivity contribution in [3.05, 3.63) is 0 Å². The van der Waals surface area contributed by atoms with Crippen LogP contribution in [0.1, 0.15) is 32.6 Å². The van der Waals surface area contributed by atoms with E-state index in [0.29, 0.717) is 38.5 Å². The van der Waals surface area contributed by atoms with Crippen LogP contribution in [0.2, 0.25) is 0 Å². The lowest BCUT2D eigenvalue weighted by Gasteiger charge is -2.30. The van der Waals surface area contributed by atoms with E-state index >= 15 is 0 Å². The van der Waals surface area contributed by atoms with Gasteiger partial charge in [-0.05, 0) is 38.8 Å². The summed E-state index contributed by atoms with van der Waals surface area (Å²) in [6.45, 7) is 6.79. The molecular weight excluding hydrogens is 270 g/mol. The highest BCUT2D eigenvalue weighted by Gasteiger charge is 2.27. The molecule has 2 aliphatic heterocycles. The van der Waals surface area contributed by atoms with Crippen molar-refractivity contribution in [1.82, 2.24) is 15.1 Å². The molecule has 2 rings (SSSR count). The highest BCUT2D eigenvalue weighted by atomic mass is 16.4. The first-order chi connectivity index (χ1) is 10.1. The van der Waals surface area contributed by atoms with E-state index in [2.05, 4.69) is 17.1 Å². The average Bonchev–Trinajstić information content (AvgIpc) is 2.94. The van der Waals surface area contributed by atoms with Crippen molar-refractivity contribution in [3.8, 4) is 0 Å². The van der Waals surface area contributed by atoms with Gasteiger partial charge in [0.2, 0.25) is 5.91 Å². The molecule has 2 aliphatic rings. The Morgan fingerprint density at radius 1 is 1.19 bits per heavy atom. The number of rotatable bonds is 6. The third-order valence-corrected chi connectivity index (χ3v) is 4.76. The molecule has 1 unspecified atom stereocenters. The summed E-state index contributed by atoms with van der Waals surface area (Å²) >= 11 is 0. The fourth-order valence-corrected chi connectivity index (χ4v) is 3.38. The molecule has 1 atom stereocenters. The first kappa shape index (κ1) is 16.2. The van der Waals surface area contributed by atoms with Crippen LogP contribution in [0.3, 0.4) is 0 Å². The van der Waals surface area contributed by atoms with E-state index < -0.39 is 5.97 Å². The molecule has 0 bridgehead atoms. The average molecular weight is 297 g/mol. The normalized spacial score (nSPS) is 24.4. The SMILES string of the molecule is CCN1CCCC1CNCC(=O)N1CCC(C(=O)O)CC1. The molecule has 120 valence electrons. The number of nitrogens with zero attached hydrogens (tertiary/aromatic N) is 2. The number of piperidine rings is 1. The Morgan fingerprint density at radius 3 is 2.52 bits per heavy atom. The maximum absolute atomic E-state index is 12.1. The number of amides is 1. The van der Waals surface area contributed by atoms with Gasteiger partial charge in [-0.15, -0.1) is 0 Å². The van der Waals surface area contributed by atoms with Gasteiger partial charge in [-0.2, -0.15) is 0 Å². The van der Waals surface area contributed by atoms with E-state index in [1.807, 2.05) is 0 Å². The lowest BCUT2D eigenvalue weighted by molar-refractivity contribution is -0.145. The minimum absolute atomic E-state index is 0.0971. The third-order valence-electron chi connectivity index (χ3n) is 4.76. The van der Waals surface area contributed by atoms with Crippen LogP contribution in [0.4, 0.5) is 0 Å². The molecule has 0 spiro atoms. The number of carboxylic acid groups (broad SMARTS) is 1. The van der Waals surface area contributed by atoms with Crippen molar-refractivity contribution in [3.63, 3.8) is 0 Å². The van der Waals surface area contributed by atoms with Gasteiger partial charge in [0, 0.05) is 25.7 Å². The second kappa shape index (κ2) is 7.75. The summed E-state index contributed by atoms with van der Waals surface area (Å²) < 4.78 is 0. The monoisotopic (exact) mass is 297 g/mol. The minimum Gasteiger partial charge on any atom is -0.481 e. The summed E-state index contributed by atoms with van der Waals surface area (Å²) in [7, 11) is 0. The molecule has 21 heavy (non-hydrogen) atoms. The van der Waals surface area contributed by atoms with Crippen molar-refractivity contribution in [2.75, 3.05) is 39.3 Å². The molecule has 0 aromatic rings. The van der Waals surface area contributed by atoms with Gasteiger partial charge in [0.1, 0.15) is 0 Å². The quantitative estimate of drug-likeness (QED) is 0.742. The van der Waals surface area contributed by atoms with Crippen LogP contribution in [0.25, 0.3) is 0 Å². The number of aliphatic carboxylic acids is 1. The van der Waals surface area contributed by atoms with Gasteiger partial charge < -0.3 is 15.3 Å². The maximum Gasteiger partial charge on any atom is 0.306 e. The molecule has 2 N–H and O–H groups in total. The third kappa shape index (κ3) is 4.41. The fourth-order valence-electron chi connectivity index (χ4n) is 3.38. The number of nitrogens with one attached hydrogen (secondary N) is 1. The Morgan fingerprint density at radius 2 is 1.90 bits per heavy atom. The lowest BCUT2D eigenvalue weighted by atomic mass is 9.97. The van der Waals surface area contributed by atoms with E-state index in [1.165, 1.54) is 19.4 Å². The van der Waals surface area contributed by atoms with E-state index in [0.717, 1.165) is 13.1 Å². The summed E-state index contributed by atoms with van der Waals surface area (Å²) in [6, 6.07) is 0.556. The minimum atomic E-state index is -0.735. The zero-order valence-corrected chi connectivity index (χ0v) is 12.9. The summed E-state index contributed by atoms with van der Waals surface area (Å²) in [4.78, 5) is 27.2. The van der Waals surface area contributed by atoms with E-state index in [1.54, 1.807) is 4.90 Å². The zero-order valence-electron chi connectivity index (χ0n) is 12.9. The Bertz CT molecular complexity index is 367. The number of hydrogen-bond acceptors (Lipinski definition) is 4.